The molecule has 0 amide bonds. The summed E-state index contributed by atoms with van der Waals surface area (Å²) in [6.45, 7) is 5.94. The molecule has 1 saturated heterocycles. The highest BCUT2D eigenvalue weighted by Crippen LogP contribution is 2.43. The average molecular weight is 298 g/mol. The van der Waals surface area contributed by atoms with Crippen LogP contribution in [-0.4, -0.2) is 44.7 Å². The van der Waals surface area contributed by atoms with Crippen molar-refractivity contribution in [1.29, 1.82) is 0 Å². The van der Waals surface area contributed by atoms with E-state index in [1.807, 2.05) is 6.07 Å². The van der Waals surface area contributed by atoms with E-state index in [9.17, 15) is 0 Å². The van der Waals surface area contributed by atoms with E-state index in [1.54, 1.807) is 7.11 Å². The van der Waals surface area contributed by atoms with E-state index >= 15 is 0 Å². The van der Waals surface area contributed by atoms with Crippen molar-refractivity contribution in [1.82, 2.24) is 4.90 Å². The largest absolute Gasteiger partial charge is 0.497 e. The van der Waals surface area contributed by atoms with Crippen molar-refractivity contribution >= 4 is 5.69 Å². The lowest BCUT2D eigenvalue weighted by molar-refractivity contribution is 0.204. The minimum atomic E-state index is 0.876. The second-order valence-corrected chi connectivity index (χ2v) is 7.03. The molecule has 1 heterocycles. The number of piperazine rings is 1. The smallest absolute Gasteiger partial charge is 0.120 e. The summed E-state index contributed by atoms with van der Waals surface area (Å²) in [5.41, 5.74) is 1.29. The first-order chi connectivity index (χ1) is 10.8. The monoisotopic (exact) mass is 298 g/mol. The van der Waals surface area contributed by atoms with Gasteiger partial charge in [-0.2, -0.15) is 0 Å². The molecule has 118 valence electrons. The van der Waals surface area contributed by atoms with Crippen molar-refractivity contribution in [3.05, 3.63) is 36.4 Å². The fourth-order valence-corrected chi connectivity index (χ4v) is 4.43. The van der Waals surface area contributed by atoms with Crippen LogP contribution in [-0.2, 0) is 0 Å². The molecule has 2 bridgehead atoms. The third-order valence-electron chi connectivity index (χ3n) is 5.70. The van der Waals surface area contributed by atoms with Crippen LogP contribution < -0.4 is 9.64 Å². The van der Waals surface area contributed by atoms with Gasteiger partial charge in [0.25, 0.3) is 0 Å². The summed E-state index contributed by atoms with van der Waals surface area (Å²) in [4.78, 5) is 5.16. The summed E-state index contributed by atoms with van der Waals surface area (Å²) in [7, 11) is 1.74. The molecule has 0 aromatic heterocycles. The van der Waals surface area contributed by atoms with Gasteiger partial charge in [0.05, 0.1) is 7.11 Å². The zero-order valence-corrected chi connectivity index (χ0v) is 13.4. The van der Waals surface area contributed by atoms with Gasteiger partial charge >= 0.3 is 0 Å². The Morgan fingerprint density at radius 1 is 1.09 bits per heavy atom. The lowest BCUT2D eigenvalue weighted by Gasteiger charge is -2.38. The molecule has 2 fully saturated rings. The van der Waals surface area contributed by atoms with Gasteiger partial charge in [-0.15, -0.1) is 0 Å². The minimum absolute atomic E-state index is 0.876. The number of hydrogen-bond donors (Lipinski definition) is 0. The van der Waals surface area contributed by atoms with Gasteiger partial charge in [-0.25, -0.2) is 0 Å². The number of methoxy groups -OCH3 is 1. The molecule has 1 aromatic rings. The van der Waals surface area contributed by atoms with Gasteiger partial charge in [-0.3, -0.25) is 4.90 Å². The van der Waals surface area contributed by atoms with Crippen molar-refractivity contribution in [2.75, 3.05) is 44.7 Å². The third kappa shape index (κ3) is 2.74. The van der Waals surface area contributed by atoms with Crippen LogP contribution in [0.25, 0.3) is 0 Å². The van der Waals surface area contributed by atoms with Gasteiger partial charge in [0, 0.05) is 44.5 Å². The van der Waals surface area contributed by atoms with E-state index in [2.05, 4.69) is 40.2 Å². The molecule has 3 nitrogen and oxygen atoms in total. The first kappa shape index (κ1) is 14.1. The van der Waals surface area contributed by atoms with Crippen LogP contribution in [0.1, 0.15) is 12.8 Å². The Morgan fingerprint density at radius 2 is 1.95 bits per heavy atom. The molecule has 3 atom stereocenters. The normalized spacial score (nSPS) is 31.0. The van der Waals surface area contributed by atoms with Gasteiger partial charge in [-0.05, 0) is 42.7 Å². The fourth-order valence-electron chi connectivity index (χ4n) is 4.43. The molecule has 22 heavy (non-hydrogen) atoms. The second kappa shape index (κ2) is 5.96. The van der Waals surface area contributed by atoms with E-state index in [4.69, 9.17) is 4.74 Å². The highest BCUT2D eigenvalue weighted by molar-refractivity contribution is 5.51. The molecule has 1 aromatic carbocycles. The molecule has 3 aliphatic rings. The Hall–Kier alpha value is -1.48. The number of fused-ring (bicyclic) bond motifs is 2. The van der Waals surface area contributed by atoms with Crippen LogP contribution in [0.2, 0.25) is 0 Å². The first-order valence-corrected chi connectivity index (χ1v) is 8.61. The van der Waals surface area contributed by atoms with Crippen molar-refractivity contribution in [3.63, 3.8) is 0 Å². The van der Waals surface area contributed by atoms with Crippen LogP contribution in [0.15, 0.2) is 36.4 Å². The van der Waals surface area contributed by atoms with Crippen molar-refractivity contribution in [2.24, 2.45) is 17.8 Å². The molecule has 1 aliphatic heterocycles. The number of rotatable bonds is 4. The molecule has 0 unspecified atom stereocenters. The Balaban J connectivity index is 1.31. The van der Waals surface area contributed by atoms with Gasteiger partial charge in [0.1, 0.15) is 5.75 Å². The Morgan fingerprint density at radius 3 is 2.64 bits per heavy atom. The van der Waals surface area contributed by atoms with E-state index in [0.717, 1.165) is 36.6 Å². The maximum atomic E-state index is 5.34. The topological polar surface area (TPSA) is 15.7 Å². The highest BCUT2D eigenvalue weighted by Gasteiger charge is 2.36. The summed E-state index contributed by atoms with van der Waals surface area (Å²) >= 11 is 0. The number of ether oxygens (including phenoxy) is 1. The van der Waals surface area contributed by atoms with Crippen molar-refractivity contribution in [2.45, 2.75) is 12.8 Å². The maximum absolute atomic E-state index is 5.34. The second-order valence-electron chi connectivity index (χ2n) is 7.03. The molecule has 0 N–H and O–H groups in total. The van der Waals surface area contributed by atoms with Crippen LogP contribution in [0, 0.1) is 17.8 Å². The van der Waals surface area contributed by atoms with Crippen LogP contribution in [0.3, 0.4) is 0 Å². The fraction of sp³-hybridized carbons (Fsp3) is 0.579. The molecule has 1 saturated carbocycles. The van der Waals surface area contributed by atoms with Gasteiger partial charge < -0.3 is 9.64 Å². The predicted molar refractivity (Wildman–Crippen MR) is 90.5 cm³/mol. The number of allylic oxidation sites excluding steroid dienone is 2. The van der Waals surface area contributed by atoms with Crippen LogP contribution in [0.4, 0.5) is 5.69 Å². The zero-order chi connectivity index (χ0) is 14.9. The summed E-state index contributed by atoms with van der Waals surface area (Å²) in [5.74, 6) is 3.64. The summed E-state index contributed by atoms with van der Waals surface area (Å²) in [6, 6.07) is 8.44. The summed E-state index contributed by atoms with van der Waals surface area (Å²) in [6.07, 6.45) is 7.78. The van der Waals surface area contributed by atoms with Gasteiger partial charge in [0.15, 0.2) is 0 Å². The lowest BCUT2D eigenvalue weighted by atomic mass is 9.93. The zero-order valence-electron chi connectivity index (χ0n) is 13.4. The van der Waals surface area contributed by atoms with Crippen molar-refractivity contribution < 1.29 is 4.74 Å². The predicted octanol–water partition coefficient (Wildman–Crippen LogP) is 3.03. The Labute approximate surface area is 133 Å². The van der Waals surface area contributed by atoms with Crippen molar-refractivity contribution in [3.8, 4) is 5.75 Å². The lowest BCUT2D eigenvalue weighted by Crippen LogP contribution is -2.48. The minimum Gasteiger partial charge on any atom is -0.497 e. The standard InChI is InChI=1S/C19H26N2O/c1-22-19-4-2-3-18(13-19)21-9-7-20(8-10-21)14-17-12-15-5-6-16(17)11-15/h2-6,13,15-17H,7-12,14H2,1H3/t15-,16+,17-/m0/s1. The number of nitrogens with zero attached hydrogens (tertiary/aromatic N) is 2. The molecule has 3 heteroatoms. The van der Waals surface area contributed by atoms with Crippen LogP contribution >= 0.6 is 0 Å². The van der Waals surface area contributed by atoms with Gasteiger partial charge in [-0.1, -0.05) is 18.2 Å². The molecule has 4 rings (SSSR count). The van der Waals surface area contributed by atoms with E-state index in [0.29, 0.717) is 0 Å². The SMILES string of the molecule is COc1cccc(N2CCN(C[C@@H]3C[C@H]4C=C[C@@H]3C4)CC2)c1. The molecular weight excluding hydrogens is 272 g/mol. The quantitative estimate of drug-likeness (QED) is 0.795. The molecule has 0 radical (unpaired) electrons. The van der Waals surface area contributed by atoms with Gasteiger partial charge in [0.2, 0.25) is 0 Å². The Kier molecular flexibility index (Phi) is 3.83. The highest BCUT2D eigenvalue weighted by atomic mass is 16.5. The molecular formula is C19H26N2O. The average Bonchev–Trinajstić information content (AvgIpc) is 3.18. The number of anilines is 1. The first-order valence-electron chi connectivity index (χ1n) is 8.61. The number of hydrogen-bond acceptors (Lipinski definition) is 3. The summed E-state index contributed by atoms with van der Waals surface area (Å²) in [5, 5.41) is 0. The molecule has 2 aliphatic carbocycles. The Bertz CT molecular complexity index is 548. The van der Waals surface area contributed by atoms with E-state index < -0.39 is 0 Å². The van der Waals surface area contributed by atoms with Crippen LogP contribution in [0.5, 0.6) is 5.75 Å². The van der Waals surface area contributed by atoms with E-state index in [1.165, 1.54) is 38.2 Å². The summed E-state index contributed by atoms with van der Waals surface area (Å²) < 4.78 is 5.34. The maximum Gasteiger partial charge on any atom is 0.120 e. The molecule has 0 spiro atoms. The number of benzene rings is 1. The van der Waals surface area contributed by atoms with E-state index in [-0.39, 0.29) is 0 Å². The third-order valence-corrected chi connectivity index (χ3v) is 5.70.